The van der Waals surface area contributed by atoms with E-state index in [1.54, 1.807) is 7.11 Å². The molecule has 1 atom stereocenters. The van der Waals surface area contributed by atoms with Gasteiger partial charge in [-0.15, -0.1) is 0 Å². The van der Waals surface area contributed by atoms with E-state index in [0.717, 1.165) is 25.0 Å². The molecule has 1 aromatic rings. The minimum Gasteiger partial charge on any atom is -0.383 e. The Bertz CT molecular complexity index is 414. The first-order chi connectivity index (χ1) is 9.38. The molecule has 1 aromatic carbocycles. The molecular formula is C14H19F4NO. The third-order valence-electron chi connectivity index (χ3n) is 2.94. The number of methoxy groups -OCH3 is 1. The highest BCUT2D eigenvalue weighted by Gasteiger charge is 2.34. The summed E-state index contributed by atoms with van der Waals surface area (Å²) in [6.07, 6.45) is -2.87. The number of halogens is 4. The maximum atomic E-state index is 13.1. The highest BCUT2D eigenvalue weighted by molar-refractivity contribution is 5.27. The number of hydrogen-bond donors (Lipinski definition) is 1. The van der Waals surface area contributed by atoms with E-state index in [4.69, 9.17) is 4.74 Å². The van der Waals surface area contributed by atoms with Crippen LogP contribution in [0, 0.1) is 5.82 Å². The second-order valence-corrected chi connectivity index (χ2v) is 4.63. The van der Waals surface area contributed by atoms with Crippen molar-refractivity contribution in [3.63, 3.8) is 0 Å². The fraction of sp³-hybridized carbons (Fsp3) is 0.571. The first-order valence-electron chi connectivity index (χ1n) is 6.46. The zero-order chi connectivity index (χ0) is 15.2. The number of benzene rings is 1. The van der Waals surface area contributed by atoms with E-state index in [0.29, 0.717) is 12.2 Å². The lowest BCUT2D eigenvalue weighted by Gasteiger charge is -2.18. The Labute approximate surface area is 116 Å². The van der Waals surface area contributed by atoms with Gasteiger partial charge >= 0.3 is 6.18 Å². The van der Waals surface area contributed by atoms with Gasteiger partial charge in [-0.1, -0.05) is 19.4 Å². The van der Waals surface area contributed by atoms with Crippen molar-refractivity contribution in [3.05, 3.63) is 35.1 Å². The molecule has 0 aromatic heterocycles. The molecule has 0 saturated heterocycles. The lowest BCUT2D eigenvalue weighted by molar-refractivity contribution is -0.140. The van der Waals surface area contributed by atoms with Gasteiger partial charge in [0, 0.05) is 19.7 Å². The van der Waals surface area contributed by atoms with E-state index < -0.39 is 17.6 Å². The van der Waals surface area contributed by atoms with Crippen LogP contribution in [0.1, 0.15) is 30.9 Å². The van der Waals surface area contributed by atoms with Crippen molar-refractivity contribution >= 4 is 0 Å². The van der Waals surface area contributed by atoms with Crippen LogP contribution in [0.15, 0.2) is 18.2 Å². The molecule has 6 heteroatoms. The van der Waals surface area contributed by atoms with Gasteiger partial charge in [0.25, 0.3) is 0 Å². The third-order valence-corrected chi connectivity index (χ3v) is 2.94. The maximum Gasteiger partial charge on any atom is 0.419 e. The van der Waals surface area contributed by atoms with Gasteiger partial charge in [0.05, 0.1) is 12.2 Å². The summed E-state index contributed by atoms with van der Waals surface area (Å²) < 4.78 is 56.0. The van der Waals surface area contributed by atoms with Crippen LogP contribution in [0.25, 0.3) is 0 Å². The van der Waals surface area contributed by atoms with Crippen LogP contribution in [-0.4, -0.2) is 19.8 Å². The van der Waals surface area contributed by atoms with Gasteiger partial charge in [-0.05, 0) is 24.1 Å². The molecule has 0 spiro atoms. The fourth-order valence-electron chi connectivity index (χ4n) is 1.96. The topological polar surface area (TPSA) is 21.3 Å². The van der Waals surface area contributed by atoms with Crippen LogP contribution in [0.2, 0.25) is 0 Å². The monoisotopic (exact) mass is 293 g/mol. The predicted molar refractivity (Wildman–Crippen MR) is 68.8 cm³/mol. The van der Waals surface area contributed by atoms with Crippen molar-refractivity contribution in [2.45, 2.75) is 38.5 Å². The van der Waals surface area contributed by atoms with Crippen molar-refractivity contribution in [3.8, 4) is 0 Å². The molecule has 0 fully saturated rings. The zero-order valence-corrected chi connectivity index (χ0v) is 11.6. The lowest BCUT2D eigenvalue weighted by Crippen LogP contribution is -2.32. The number of alkyl halides is 3. The van der Waals surface area contributed by atoms with Gasteiger partial charge in [-0.25, -0.2) is 4.39 Å². The van der Waals surface area contributed by atoms with Crippen molar-refractivity contribution in [1.29, 1.82) is 0 Å². The third kappa shape index (κ3) is 5.09. The molecule has 0 aliphatic carbocycles. The molecule has 0 aliphatic heterocycles. The molecule has 0 aliphatic rings. The fourth-order valence-corrected chi connectivity index (χ4v) is 1.96. The summed E-state index contributed by atoms with van der Waals surface area (Å²) in [4.78, 5) is 0. The molecule has 0 radical (unpaired) electrons. The summed E-state index contributed by atoms with van der Waals surface area (Å²) in [5.41, 5.74) is -0.827. The van der Waals surface area contributed by atoms with Gasteiger partial charge < -0.3 is 10.1 Å². The summed E-state index contributed by atoms with van der Waals surface area (Å²) >= 11 is 0. The molecule has 20 heavy (non-hydrogen) atoms. The Hall–Kier alpha value is -1.14. The molecule has 0 bridgehead atoms. The number of hydrogen-bond acceptors (Lipinski definition) is 2. The standard InChI is InChI=1S/C14H19F4NO/c1-3-4-11(9-20-2)19-8-10-5-6-13(15)12(7-10)14(16,17)18/h5-7,11,19H,3-4,8-9H2,1-2H3. The molecule has 1 rings (SSSR count). The lowest BCUT2D eigenvalue weighted by atomic mass is 10.1. The van der Waals surface area contributed by atoms with Gasteiger partial charge in [0.2, 0.25) is 0 Å². The van der Waals surface area contributed by atoms with E-state index in [1.165, 1.54) is 6.07 Å². The summed E-state index contributed by atoms with van der Waals surface area (Å²) in [5, 5.41) is 3.12. The van der Waals surface area contributed by atoms with Crippen LogP contribution in [0.4, 0.5) is 17.6 Å². The minimum absolute atomic E-state index is 0.0735. The Morgan fingerprint density at radius 3 is 2.55 bits per heavy atom. The van der Waals surface area contributed by atoms with Gasteiger partial charge in [-0.2, -0.15) is 13.2 Å². The molecule has 0 amide bonds. The molecule has 2 nitrogen and oxygen atoms in total. The normalized spacial score (nSPS) is 13.5. The summed E-state index contributed by atoms with van der Waals surface area (Å²) in [6, 6.07) is 3.13. The molecule has 1 unspecified atom stereocenters. The van der Waals surface area contributed by atoms with E-state index in [-0.39, 0.29) is 12.6 Å². The Morgan fingerprint density at radius 2 is 2.00 bits per heavy atom. The maximum absolute atomic E-state index is 13.1. The van der Waals surface area contributed by atoms with Crippen LogP contribution < -0.4 is 5.32 Å². The van der Waals surface area contributed by atoms with E-state index >= 15 is 0 Å². The van der Waals surface area contributed by atoms with Crippen molar-refractivity contribution in [2.24, 2.45) is 0 Å². The SMILES string of the molecule is CCCC(COC)NCc1ccc(F)c(C(F)(F)F)c1. The van der Waals surface area contributed by atoms with Gasteiger partial charge in [-0.3, -0.25) is 0 Å². The molecule has 0 heterocycles. The molecule has 1 N–H and O–H groups in total. The van der Waals surface area contributed by atoms with Crippen molar-refractivity contribution in [2.75, 3.05) is 13.7 Å². The highest BCUT2D eigenvalue weighted by Crippen LogP contribution is 2.31. The first-order valence-corrected chi connectivity index (χ1v) is 6.46. The van der Waals surface area contributed by atoms with E-state index in [2.05, 4.69) is 5.32 Å². The summed E-state index contributed by atoms with van der Waals surface area (Å²) in [6.45, 7) is 2.75. The van der Waals surface area contributed by atoms with Gasteiger partial charge in [0.1, 0.15) is 5.82 Å². The van der Waals surface area contributed by atoms with Crippen molar-refractivity contribution < 1.29 is 22.3 Å². The minimum atomic E-state index is -4.67. The van der Waals surface area contributed by atoms with Crippen LogP contribution >= 0.6 is 0 Å². The van der Waals surface area contributed by atoms with Crippen LogP contribution in [0.3, 0.4) is 0 Å². The van der Waals surface area contributed by atoms with Gasteiger partial charge in [0.15, 0.2) is 0 Å². The molecule has 0 saturated carbocycles. The second-order valence-electron chi connectivity index (χ2n) is 4.63. The summed E-state index contributed by atoms with van der Waals surface area (Å²) in [5.74, 6) is -1.25. The van der Waals surface area contributed by atoms with Crippen molar-refractivity contribution in [1.82, 2.24) is 5.32 Å². The second kappa shape index (κ2) is 7.59. The molecular weight excluding hydrogens is 274 g/mol. The first kappa shape index (κ1) is 16.9. The predicted octanol–water partition coefficient (Wildman–Crippen LogP) is 3.75. The smallest absolute Gasteiger partial charge is 0.383 e. The Morgan fingerprint density at radius 1 is 1.30 bits per heavy atom. The van der Waals surface area contributed by atoms with Crippen LogP contribution in [0.5, 0.6) is 0 Å². The largest absolute Gasteiger partial charge is 0.419 e. The Kier molecular flexibility index (Phi) is 6.42. The average molecular weight is 293 g/mol. The quantitative estimate of drug-likeness (QED) is 0.773. The molecule has 114 valence electrons. The van der Waals surface area contributed by atoms with Crippen LogP contribution in [-0.2, 0) is 17.5 Å². The zero-order valence-electron chi connectivity index (χ0n) is 11.6. The number of rotatable bonds is 7. The Balaban J connectivity index is 2.73. The summed E-state index contributed by atoms with van der Waals surface area (Å²) in [7, 11) is 1.57. The number of nitrogens with one attached hydrogen (secondary N) is 1. The van der Waals surface area contributed by atoms with E-state index in [1.807, 2.05) is 6.92 Å². The van der Waals surface area contributed by atoms with E-state index in [9.17, 15) is 17.6 Å². The average Bonchev–Trinajstić information content (AvgIpc) is 2.36. The highest BCUT2D eigenvalue weighted by atomic mass is 19.4. The number of ether oxygens (including phenoxy) is 1.